The van der Waals surface area contributed by atoms with E-state index in [0.717, 1.165) is 29.2 Å². The van der Waals surface area contributed by atoms with Crippen LogP contribution in [0.25, 0.3) is 0 Å². The van der Waals surface area contributed by atoms with E-state index in [1.54, 1.807) is 14.2 Å². The minimum atomic E-state index is 0. The standard InChI is InChI=1S/C12H20N2O2.2ClH/c1-14(2)8-10-5-9(7-13)6-11(15-3)12(10)16-4;;/h5-6H,7-8,13H2,1-4H3;2*1H. The van der Waals surface area contributed by atoms with Crippen LogP contribution in [0.1, 0.15) is 11.1 Å². The van der Waals surface area contributed by atoms with E-state index in [-0.39, 0.29) is 24.8 Å². The first-order chi connectivity index (χ1) is 7.62. The lowest BCUT2D eigenvalue weighted by Gasteiger charge is -2.17. The van der Waals surface area contributed by atoms with Crippen molar-refractivity contribution in [1.29, 1.82) is 0 Å². The van der Waals surface area contributed by atoms with Gasteiger partial charge < -0.3 is 20.1 Å². The van der Waals surface area contributed by atoms with Crippen molar-refractivity contribution in [1.82, 2.24) is 4.90 Å². The maximum absolute atomic E-state index is 5.65. The number of hydrogen-bond donors (Lipinski definition) is 1. The summed E-state index contributed by atoms with van der Waals surface area (Å²) >= 11 is 0. The zero-order valence-corrected chi connectivity index (χ0v) is 12.9. The van der Waals surface area contributed by atoms with Crippen molar-refractivity contribution >= 4 is 24.8 Å². The van der Waals surface area contributed by atoms with Crippen molar-refractivity contribution in [2.75, 3.05) is 28.3 Å². The molecule has 0 radical (unpaired) electrons. The molecule has 1 aromatic carbocycles. The van der Waals surface area contributed by atoms with Crippen molar-refractivity contribution < 1.29 is 9.47 Å². The number of methoxy groups -OCH3 is 2. The Morgan fingerprint density at radius 2 is 1.72 bits per heavy atom. The Kier molecular flexibility index (Phi) is 10.1. The molecular formula is C12H22Cl2N2O2. The van der Waals surface area contributed by atoms with E-state index in [2.05, 4.69) is 11.0 Å². The fourth-order valence-electron chi connectivity index (χ4n) is 1.68. The fourth-order valence-corrected chi connectivity index (χ4v) is 1.68. The highest BCUT2D eigenvalue weighted by Gasteiger charge is 2.12. The second-order valence-electron chi connectivity index (χ2n) is 3.93. The Balaban J connectivity index is 0. The third-order valence-corrected chi connectivity index (χ3v) is 2.34. The van der Waals surface area contributed by atoms with E-state index in [1.165, 1.54) is 0 Å². The molecule has 0 aliphatic rings. The van der Waals surface area contributed by atoms with Gasteiger partial charge in [0.25, 0.3) is 0 Å². The molecule has 1 rings (SSSR count). The number of benzene rings is 1. The highest BCUT2D eigenvalue weighted by Crippen LogP contribution is 2.33. The van der Waals surface area contributed by atoms with Crippen LogP contribution in [0.5, 0.6) is 11.5 Å². The summed E-state index contributed by atoms with van der Waals surface area (Å²) in [5.74, 6) is 1.52. The van der Waals surface area contributed by atoms with Gasteiger partial charge >= 0.3 is 0 Å². The number of ether oxygens (including phenoxy) is 2. The van der Waals surface area contributed by atoms with Crippen LogP contribution in [-0.4, -0.2) is 33.2 Å². The Morgan fingerprint density at radius 1 is 1.11 bits per heavy atom. The average molecular weight is 297 g/mol. The molecule has 0 bridgehead atoms. The molecule has 0 amide bonds. The molecule has 0 heterocycles. The lowest BCUT2D eigenvalue weighted by atomic mass is 10.1. The normalized spacial score (nSPS) is 9.44. The average Bonchev–Trinajstić information content (AvgIpc) is 2.27. The molecular weight excluding hydrogens is 275 g/mol. The van der Waals surface area contributed by atoms with Crippen LogP contribution in [0.15, 0.2) is 12.1 Å². The maximum atomic E-state index is 5.65. The summed E-state index contributed by atoms with van der Waals surface area (Å²) < 4.78 is 10.7. The van der Waals surface area contributed by atoms with Crippen molar-refractivity contribution in [3.8, 4) is 11.5 Å². The second kappa shape index (κ2) is 9.28. The maximum Gasteiger partial charge on any atom is 0.165 e. The summed E-state index contributed by atoms with van der Waals surface area (Å²) in [5.41, 5.74) is 7.80. The zero-order chi connectivity index (χ0) is 12.1. The van der Waals surface area contributed by atoms with E-state index < -0.39 is 0 Å². The van der Waals surface area contributed by atoms with Gasteiger partial charge in [0.1, 0.15) is 0 Å². The second-order valence-corrected chi connectivity index (χ2v) is 3.93. The molecule has 1 aromatic rings. The molecule has 2 N–H and O–H groups in total. The molecule has 6 heteroatoms. The summed E-state index contributed by atoms with van der Waals surface area (Å²) in [6, 6.07) is 3.97. The Morgan fingerprint density at radius 3 is 2.11 bits per heavy atom. The van der Waals surface area contributed by atoms with E-state index >= 15 is 0 Å². The Hall–Kier alpha value is -0.680. The van der Waals surface area contributed by atoms with Crippen LogP contribution in [0, 0.1) is 0 Å². The van der Waals surface area contributed by atoms with Crippen molar-refractivity contribution in [2.24, 2.45) is 5.73 Å². The van der Waals surface area contributed by atoms with Crippen LogP contribution in [0.4, 0.5) is 0 Å². The van der Waals surface area contributed by atoms with Gasteiger partial charge in [0.15, 0.2) is 11.5 Å². The summed E-state index contributed by atoms with van der Waals surface area (Å²) in [7, 11) is 7.32. The first-order valence-corrected chi connectivity index (χ1v) is 5.21. The predicted molar refractivity (Wildman–Crippen MR) is 79.3 cm³/mol. The largest absolute Gasteiger partial charge is 0.493 e. The van der Waals surface area contributed by atoms with E-state index in [9.17, 15) is 0 Å². The summed E-state index contributed by atoms with van der Waals surface area (Å²) in [5, 5.41) is 0. The first-order valence-electron chi connectivity index (χ1n) is 5.21. The molecule has 0 aliphatic carbocycles. The van der Waals surface area contributed by atoms with Gasteiger partial charge in [-0.1, -0.05) is 0 Å². The minimum absolute atomic E-state index is 0. The molecule has 0 spiro atoms. The van der Waals surface area contributed by atoms with Crippen LogP contribution in [-0.2, 0) is 13.1 Å². The molecule has 0 aromatic heterocycles. The topological polar surface area (TPSA) is 47.7 Å². The third kappa shape index (κ3) is 4.90. The predicted octanol–water partition coefficient (Wildman–Crippen LogP) is 2.07. The summed E-state index contributed by atoms with van der Waals surface area (Å²) in [6.45, 7) is 1.30. The Labute approximate surface area is 121 Å². The lowest BCUT2D eigenvalue weighted by molar-refractivity contribution is 0.338. The molecule has 0 aliphatic heterocycles. The van der Waals surface area contributed by atoms with Gasteiger partial charge in [-0.05, 0) is 31.8 Å². The van der Waals surface area contributed by atoms with Gasteiger partial charge in [-0.25, -0.2) is 0 Å². The number of rotatable bonds is 5. The number of nitrogens with two attached hydrogens (primary N) is 1. The third-order valence-electron chi connectivity index (χ3n) is 2.34. The van der Waals surface area contributed by atoms with Crippen molar-refractivity contribution in [3.63, 3.8) is 0 Å². The smallest absolute Gasteiger partial charge is 0.165 e. The van der Waals surface area contributed by atoms with Gasteiger partial charge in [-0.2, -0.15) is 0 Å². The van der Waals surface area contributed by atoms with E-state index in [1.807, 2.05) is 20.2 Å². The van der Waals surface area contributed by atoms with E-state index in [4.69, 9.17) is 15.2 Å². The summed E-state index contributed by atoms with van der Waals surface area (Å²) in [4.78, 5) is 2.08. The minimum Gasteiger partial charge on any atom is -0.493 e. The van der Waals surface area contributed by atoms with Gasteiger partial charge in [-0.15, -0.1) is 24.8 Å². The molecule has 0 fully saturated rings. The first kappa shape index (κ1) is 19.7. The molecule has 106 valence electrons. The molecule has 0 unspecified atom stereocenters. The SMILES string of the molecule is COc1cc(CN)cc(CN(C)C)c1OC.Cl.Cl. The molecule has 0 atom stereocenters. The monoisotopic (exact) mass is 296 g/mol. The number of nitrogens with zero attached hydrogens (tertiary/aromatic N) is 1. The highest BCUT2D eigenvalue weighted by atomic mass is 35.5. The lowest BCUT2D eigenvalue weighted by Crippen LogP contribution is -2.12. The Bertz CT molecular complexity index is 360. The van der Waals surface area contributed by atoms with Crippen LogP contribution in [0.3, 0.4) is 0 Å². The molecule has 4 nitrogen and oxygen atoms in total. The zero-order valence-electron chi connectivity index (χ0n) is 11.2. The van der Waals surface area contributed by atoms with Gasteiger partial charge in [0.05, 0.1) is 14.2 Å². The number of hydrogen-bond acceptors (Lipinski definition) is 4. The van der Waals surface area contributed by atoms with Crippen LogP contribution < -0.4 is 15.2 Å². The molecule has 0 saturated heterocycles. The number of halogens is 2. The van der Waals surface area contributed by atoms with Gasteiger partial charge in [-0.3, -0.25) is 0 Å². The highest BCUT2D eigenvalue weighted by molar-refractivity contribution is 5.85. The molecule has 0 saturated carbocycles. The summed E-state index contributed by atoms with van der Waals surface area (Å²) in [6.07, 6.45) is 0. The van der Waals surface area contributed by atoms with Gasteiger partial charge in [0, 0.05) is 18.7 Å². The van der Waals surface area contributed by atoms with Crippen LogP contribution in [0.2, 0.25) is 0 Å². The van der Waals surface area contributed by atoms with Gasteiger partial charge in [0.2, 0.25) is 0 Å². The van der Waals surface area contributed by atoms with Crippen LogP contribution >= 0.6 is 24.8 Å². The van der Waals surface area contributed by atoms with Crippen molar-refractivity contribution in [3.05, 3.63) is 23.3 Å². The molecule has 18 heavy (non-hydrogen) atoms. The quantitative estimate of drug-likeness (QED) is 0.904. The van der Waals surface area contributed by atoms with E-state index in [0.29, 0.717) is 6.54 Å². The fraction of sp³-hybridized carbons (Fsp3) is 0.500. The van der Waals surface area contributed by atoms with Crippen molar-refractivity contribution in [2.45, 2.75) is 13.1 Å².